The van der Waals surface area contributed by atoms with Gasteiger partial charge in [0.05, 0.1) is 17.1 Å². The molecule has 0 radical (unpaired) electrons. The average molecular weight is 268 g/mol. The molecule has 0 amide bonds. The lowest BCUT2D eigenvalue weighted by atomic mass is 9.92. The first-order valence-electron chi connectivity index (χ1n) is 6.38. The Morgan fingerprint density at radius 2 is 2.25 bits per heavy atom. The van der Waals surface area contributed by atoms with Crippen LogP contribution in [0.3, 0.4) is 0 Å². The maximum absolute atomic E-state index is 12.2. The van der Waals surface area contributed by atoms with Gasteiger partial charge in [0, 0.05) is 17.6 Å². The van der Waals surface area contributed by atoms with Gasteiger partial charge in [-0.15, -0.1) is 0 Å². The summed E-state index contributed by atoms with van der Waals surface area (Å²) in [6, 6.07) is 5.41. The molecule has 3 rings (SSSR count). The molecule has 0 saturated carbocycles. The van der Waals surface area contributed by atoms with Gasteiger partial charge in [-0.3, -0.25) is 4.79 Å². The first kappa shape index (κ1) is 12.4. The molecule has 1 aromatic carbocycles. The summed E-state index contributed by atoms with van der Waals surface area (Å²) in [5.41, 5.74) is 1.40. The maximum atomic E-state index is 12.2. The standard InChI is InChI=1S/C15H12N2O3/c1-8-2-4-10-9(6-16)3-5-11-13(10)17(8)7-12(14(11)18)15(19)20/h3,5,7-8H,2,4H2,1H3,(H,19,20). The van der Waals surface area contributed by atoms with E-state index in [1.807, 2.05) is 11.5 Å². The first-order valence-corrected chi connectivity index (χ1v) is 6.38. The molecule has 1 atom stereocenters. The van der Waals surface area contributed by atoms with Crippen molar-refractivity contribution >= 4 is 16.9 Å². The summed E-state index contributed by atoms with van der Waals surface area (Å²) in [5, 5.41) is 18.7. The Morgan fingerprint density at radius 3 is 2.90 bits per heavy atom. The highest BCUT2D eigenvalue weighted by molar-refractivity contribution is 5.94. The average Bonchev–Trinajstić information content (AvgIpc) is 2.43. The number of rotatable bonds is 1. The molecule has 2 aromatic rings. The second kappa shape index (κ2) is 4.20. The van der Waals surface area contributed by atoms with E-state index < -0.39 is 11.4 Å². The summed E-state index contributed by atoms with van der Waals surface area (Å²) >= 11 is 0. The number of carboxylic acid groups (broad SMARTS) is 1. The number of benzene rings is 1. The molecule has 0 spiro atoms. The van der Waals surface area contributed by atoms with Gasteiger partial charge < -0.3 is 9.67 Å². The Labute approximate surface area is 114 Å². The quantitative estimate of drug-likeness (QED) is 0.858. The first-order chi connectivity index (χ1) is 9.54. The molecule has 0 aliphatic carbocycles. The summed E-state index contributed by atoms with van der Waals surface area (Å²) in [7, 11) is 0. The number of aryl methyl sites for hydroxylation is 1. The molecule has 5 heteroatoms. The Hall–Kier alpha value is -2.61. The fourth-order valence-corrected chi connectivity index (χ4v) is 2.87. The van der Waals surface area contributed by atoms with Crippen LogP contribution in [0.15, 0.2) is 23.1 Å². The molecule has 2 heterocycles. The molecule has 20 heavy (non-hydrogen) atoms. The summed E-state index contributed by atoms with van der Waals surface area (Å²) < 4.78 is 1.82. The third kappa shape index (κ3) is 1.55. The van der Waals surface area contributed by atoms with Crippen LogP contribution in [0.5, 0.6) is 0 Å². The molecule has 1 unspecified atom stereocenters. The fraction of sp³-hybridized carbons (Fsp3) is 0.267. The second-order valence-corrected chi connectivity index (χ2v) is 5.07. The van der Waals surface area contributed by atoms with Crippen molar-refractivity contribution in [1.29, 1.82) is 5.26 Å². The van der Waals surface area contributed by atoms with Crippen molar-refractivity contribution in [3.63, 3.8) is 0 Å². The highest BCUT2D eigenvalue weighted by Crippen LogP contribution is 2.31. The number of nitrogens with zero attached hydrogens (tertiary/aromatic N) is 2. The molecule has 1 aromatic heterocycles. The minimum atomic E-state index is -1.22. The number of hydrogen-bond donors (Lipinski definition) is 1. The van der Waals surface area contributed by atoms with Crippen LogP contribution in [0.1, 0.15) is 40.9 Å². The molecule has 0 saturated heterocycles. The van der Waals surface area contributed by atoms with Gasteiger partial charge in [-0.05, 0) is 37.5 Å². The number of hydrogen-bond acceptors (Lipinski definition) is 3. The van der Waals surface area contributed by atoms with Crippen molar-refractivity contribution in [2.45, 2.75) is 25.8 Å². The highest BCUT2D eigenvalue weighted by Gasteiger charge is 2.24. The summed E-state index contributed by atoms with van der Waals surface area (Å²) in [6.45, 7) is 1.98. The van der Waals surface area contributed by atoms with Crippen LogP contribution < -0.4 is 5.43 Å². The molecular formula is C15H12N2O3. The van der Waals surface area contributed by atoms with Crippen LogP contribution in [0.4, 0.5) is 0 Å². The van der Waals surface area contributed by atoms with E-state index in [0.29, 0.717) is 16.5 Å². The molecule has 0 bridgehead atoms. The van der Waals surface area contributed by atoms with Crippen molar-refractivity contribution < 1.29 is 9.90 Å². The van der Waals surface area contributed by atoms with Gasteiger partial charge in [-0.1, -0.05) is 0 Å². The number of nitriles is 1. The summed E-state index contributed by atoms with van der Waals surface area (Å²) in [5.74, 6) is -1.22. The van der Waals surface area contributed by atoms with E-state index in [9.17, 15) is 14.9 Å². The minimum Gasteiger partial charge on any atom is -0.477 e. The molecule has 1 aliphatic rings. The van der Waals surface area contributed by atoms with Crippen LogP contribution in [-0.2, 0) is 6.42 Å². The predicted molar refractivity (Wildman–Crippen MR) is 72.9 cm³/mol. The Kier molecular flexibility index (Phi) is 2.61. The third-order valence-corrected chi connectivity index (χ3v) is 3.94. The number of pyridine rings is 1. The Balaban J connectivity index is 2.54. The Morgan fingerprint density at radius 1 is 1.50 bits per heavy atom. The van der Waals surface area contributed by atoms with E-state index in [-0.39, 0.29) is 11.6 Å². The largest absolute Gasteiger partial charge is 0.477 e. The highest BCUT2D eigenvalue weighted by atomic mass is 16.4. The van der Waals surface area contributed by atoms with Gasteiger partial charge in [0.1, 0.15) is 5.56 Å². The number of aromatic carboxylic acids is 1. The summed E-state index contributed by atoms with van der Waals surface area (Å²) in [6.07, 6.45) is 2.96. The van der Waals surface area contributed by atoms with Crippen molar-refractivity contribution in [2.24, 2.45) is 0 Å². The van der Waals surface area contributed by atoms with Gasteiger partial charge in [0.25, 0.3) is 0 Å². The zero-order chi connectivity index (χ0) is 14.4. The maximum Gasteiger partial charge on any atom is 0.341 e. The van der Waals surface area contributed by atoms with Gasteiger partial charge in [-0.25, -0.2) is 4.79 Å². The zero-order valence-corrected chi connectivity index (χ0v) is 10.9. The smallest absolute Gasteiger partial charge is 0.341 e. The normalized spacial score (nSPS) is 16.9. The molecular weight excluding hydrogens is 256 g/mol. The lowest BCUT2D eigenvalue weighted by Gasteiger charge is -2.26. The van der Waals surface area contributed by atoms with E-state index >= 15 is 0 Å². The van der Waals surface area contributed by atoms with Crippen molar-refractivity contribution in [2.75, 3.05) is 0 Å². The van der Waals surface area contributed by atoms with Crippen molar-refractivity contribution in [3.05, 3.63) is 45.2 Å². The van der Waals surface area contributed by atoms with Crippen LogP contribution in [0.25, 0.3) is 10.9 Å². The van der Waals surface area contributed by atoms with E-state index in [2.05, 4.69) is 6.07 Å². The number of aromatic nitrogens is 1. The summed E-state index contributed by atoms with van der Waals surface area (Å²) in [4.78, 5) is 23.4. The van der Waals surface area contributed by atoms with E-state index in [1.165, 1.54) is 6.20 Å². The predicted octanol–water partition coefficient (Wildman–Crippen LogP) is 2.08. The lowest BCUT2D eigenvalue weighted by molar-refractivity contribution is 0.0694. The van der Waals surface area contributed by atoms with Gasteiger partial charge >= 0.3 is 5.97 Å². The lowest BCUT2D eigenvalue weighted by Crippen LogP contribution is -2.24. The van der Waals surface area contributed by atoms with Crippen LogP contribution in [-0.4, -0.2) is 15.6 Å². The molecule has 1 aliphatic heterocycles. The number of carbonyl (C=O) groups is 1. The number of carboxylic acids is 1. The third-order valence-electron chi connectivity index (χ3n) is 3.94. The second-order valence-electron chi connectivity index (χ2n) is 5.07. The van der Waals surface area contributed by atoms with Crippen LogP contribution in [0.2, 0.25) is 0 Å². The van der Waals surface area contributed by atoms with Crippen molar-refractivity contribution in [1.82, 2.24) is 4.57 Å². The topological polar surface area (TPSA) is 83.1 Å². The van der Waals surface area contributed by atoms with Crippen LogP contribution in [0, 0.1) is 11.3 Å². The minimum absolute atomic E-state index is 0.109. The van der Waals surface area contributed by atoms with E-state index in [0.717, 1.165) is 18.4 Å². The Bertz CT molecular complexity index is 843. The van der Waals surface area contributed by atoms with Crippen molar-refractivity contribution in [3.8, 4) is 6.07 Å². The van der Waals surface area contributed by atoms with Crippen LogP contribution >= 0.6 is 0 Å². The molecule has 1 N–H and O–H groups in total. The van der Waals surface area contributed by atoms with Gasteiger partial charge in [0.2, 0.25) is 5.43 Å². The monoisotopic (exact) mass is 268 g/mol. The zero-order valence-electron chi connectivity index (χ0n) is 10.9. The SMILES string of the molecule is CC1CCc2c(C#N)ccc3c(=O)c(C(=O)O)cn1c23. The van der Waals surface area contributed by atoms with Gasteiger partial charge in [0.15, 0.2) is 0 Å². The molecule has 5 nitrogen and oxygen atoms in total. The van der Waals surface area contributed by atoms with E-state index in [1.54, 1.807) is 12.1 Å². The van der Waals surface area contributed by atoms with Gasteiger partial charge in [-0.2, -0.15) is 5.26 Å². The molecule has 0 fully saturated rings. The fourth-order valence-electron chi connectivity index (χ4n) is 2.87. The molecule has 100 valence electrons. The van der Waals surface area contributed by atoms with E-state index in [4.69, 9.17) is 5.11 Å².